The molecule has 212 valence electrons. The molecule has 0 bridgehead atoms. The summed E-state index contributed by atoms with van der Waals surface area (Å²) in [5, 5.41) is 5.80. The summed E-state index contributed by atoms with van der Waals surface area (Å²) in [4.78, 5) is 0. The predicted octanol–water partition coefficient (Wildman–Crippen LogP) is 11.6. The third-order valence-electron chi connectivity index (χ3n) is 14.5. The van der Waals surface area contributed by atoms with Crippen LogP contribution in [0.25, 0.3) is 30.9 Å². The van der Waals surface area contributed by atoms with Gasteiger partial charge in [-0.1, -0.05) is 68.1 Å². The van der Waals surface area contributed by atoms with Crippen LogP contribution in [0.3, 0.4) is 0 Å². The van der Waals surface area contributed by atoms with E-state index in [4.69, 9.17) is 0 Å². The fourth-order valence-electron chi connectivity index (χ4n) is 13.3. The Kier molecular flexibility index (Phi) is 5.58. The third-order valence-corrected chi connectivity index (χ3v) is 15.7. The average molecular weight is 559 g/mol. The fourth-order valence-corrected chi connectivity index (χ4v) is 14.5. The van der Waals surface area contributed by atoms with Crippen molar-refractivity contribution in [1.29, 1.82) is 0 Å². The van der Waals surface area contributed by atoms with Crippen molar-refractivity contribution in [3.05, 3.63) is 60.2 Å². The molecule has 0 aliphatic heterocycles. The molecule has 1 heterocycles. The Morgan fingerprint density at radius 1 is 0.488 bits per heavy atom. The van der Waals surface area contributed by atoms with Crippen molar-refractivity contribution in [3.8, 4) is 0 Å². The maximum absolute atomic E-state index is 2.65. The lowest BCUT2D eigenvalue weighted by atomic mass is 9.37. The van der Waals surface area contributed by atoms with Crippen molar-refractivity contribution in [3.63, 3.8) is 0 Å². The van der Waals surface area contributed by atoms with Gasteiger partial charge in [-0.2, -0.15) is 0 Å². The number of rotatable bonds is 1. The largest absolute Gasteiger partial charge is 0.135 e. The molecule has 10 rings (SSSR count). The summed E-state index contributed by atoms with van der Waals surface area (Å²) in [7, 11) is 0. The molecule has 0 amide bonds. The Hall–Kier alpha value is -1.86. The van der Waals surface area contributed by atoms with Gasteiger partial charge in [0.2, 0.25) is 0 Å². The molecule has 41 heavy (non-hydrogen) atoms. The van der Waals surface area contributed by atoms with E-state index < -0.39 is 0 Å². The van der Waals surface area contributed by atoms with Crippen LogP contribution in [-0.2, 0) is 0 Å². The number of thiophene rings is 1. The Labute approximate surface area is 250 Å². The van der Waals surface area contributed by atoms with Gasteiger partial charge in [0.25, 0.3) is 0 Å². The van der Waals surface area contributed by atoms with Gasteiger partial charge in [0.15, 0.2) is 0 Å². The first kappa shape index (κ1) is 24.6. The molecular weight excluding hydrogens is 513 g/mol. The Balaban J connectivity index is 1.01. The lowest BCUT2D eigenvalue weighted by Gasteiger charge is -2.67. The minimum atomic E-state index is 0.776. The number of hydrogen-bond donors (Lipinski definition) is 0. The Morgan fingerprint density at radius 3 is 1.90 bits per heavy atom. The lowest BCUT2D eigenvalue weighted by Crippen LogP contribution is -2.61. The van der Waals surface area contributed by atoms with Crippen molar-refractivity contribution in [2.45, 2.75) is 89.4 Å². The van der Waals surface area contributed by atoms with E-state index in [-0.39, 0.29) is 0 Å². The predicted molar refractivity (Wildman–Crippen MR) is 174 cm³/mol. The van der Waals surface area contributed by atoms with E-state index in [1.165, 1.54) is 50.2 Å². The summed E-state index contributed by atoms with van der Waals surface area (Å²) in [6, 6.07) is 21.4. The fraction of sp³-hybridized carbons (Fsp3) is 0.600. The molecule has 3 aromatic carbocycles. The minimum absolute atomic E-state index is 0.776. The van der Waals surface area contributed by atoms with Crippen molar-refractivity contribution < 1.29 is 0 Å². The van der Waals surface area contributed by atoms with E-state index in [1.54, 1.807) is 69.8 Å². The molecule has 0 radical (unpaired) electrons. The summed E-state index contributed by atoms with van der Waals surface area (Å²) >= 11 is 2.01. The summed E-state index contributed by atoms with van der Waals surface area (Å²) in [5.74, 6) is 11.7. The van der Waals surface area contributed by atoms with Crippen LogP contribution in [0.4, 0.5) is 0 Å². The zero-order valence-electron chi connectivity index (χ0n) is 24.6. The van der Waals surface area contributed by atoms with Crippen LogP contribution >= 0.6 is 11.3 Å². The first-order valence-electron chi connectivity index (χ1n) is 17.7. The van der Waals surface area contributed by atoms with E-state index >= 15 is 0 Å². The summed E-state index contributed by atoms with van der Waals surface area (Å²) in [6.07, 6.45) is 20.2. The second-order valence-electron chi connectivity index (χ2n) is 15.6. The molecule has 6 aliphatic rings. The maximum Gasteiger partial charge on any atom is 0.0433 e. The van der Waals surface area contributed by atoms with E-state index in [0.29, 0.717) is 0 Å². The highest BCUT2D eigenvalue weighted by Gasteiger charge is 2.62. The Morgan fingerprint density at radius 2 is 1.15 bits per heavy atom. The minimum Gasteiger partial charge on any atom is -0.135 e. The SMILES string of the molecule is c1ccc2c(c1)ccc1c3cc(C4CCC5C(C4)C4CCCC6C7CCCCC7C7CCCC5C7C64)ccc3sc21. The van der Waals surface area contributed by atoms with Crippen LogP contribution < -0.4 is 0 Å². The first-order chi connectivity index (χ1) is 20.3. The average Bonchev–Trinajstić information content (AvgIpc) is 3.43. The van der Waals surface area contributed by atoms with E-state index in [1.807, 2.05) is 11.3 Å². The van der Waals surface area contributed by atoms with Gasteiger partial charge in [-0.05, 0) is 151 Å². The Bertz CT molecular complexity index is 1630. The molecular formula is C40H46S. The first-order valence-corrected chi connectivity index (χ1v) is 18.5. The summed E-state index contributed by atoms with van der Waals surface area (Å²) in [5.41, 5.74) is 1.66. The van der Waals surface area contributed by atoms with Crippen LogP contribution in [0.15, 0.2) is 54.6 Å². The standard InChI is InChI=1S/C40H46S/c1-2-8-26-23(7-1)15-19-34-36-22-25(17-20-37(36)41-40(26)34)24-16-18-29-32-13-5-11-30-27-9-3-4-10-28(27)31-12-6-14-33(35(29)21-24)39(31)38(30)32/h1-2,7-8,15,17,19-20,22,24,27-33,35,38-39H,3-6,9-14,16,18,21H2. The van der Waals surface area contributed by atoms with Crippen LogP contribution in [0, 0.1) is 59.2 Å². The molecule has 11 atom stereocenters. The number of fused-ring (bicyclic) bond motifs is 11. The topological polar surface area (TPSA) is 0 Å². The highest BCUT2D eigenvalue weighted by molar-refractivity contribution is 7.26. The van der Waals surface area contributed by atoms with Gasteiger partial charge in [-0.15, -0.1) is 11.3 Å². The van der Waals surface area contributed by atoms with Gasteiger partial charge in [0.05, 0.1) is 0 Å². The zero-order chi connectivity index (χ0) is 26.7. The molecule has 11 unspecified atom stereocenters. The van der Waals surface area contributed by atoms with Gasteiger partial charge >= 0.3 is 0 Å². The molecule has 0 N–H and O–H groups in total. The number of hydrogen-bond acceptors (Lipinski definition) is 1. The van der Waals surface area contributed by atoms with Gasteiger partial charge in [-0.25, -0.2) is 0 Å². The quantitative estimate of drug-likeness (QED) is 0.218. The molecule has 6 saturated carbocycles. The molecule has 1 heteroatoms. The van der Waals surface area contributed by atoms with Crippen molar-refractivity contribution in [2.75, 3.05) is 0 Å². The normalized spacial score (nSPS) is 41.6. The van der Waals surface area contributed by atoms with Crippen molar-refractivity contribution in [2.24, 2.45) is 59.2 Å². The molecule has 0 nitrogen and oxygen atoms in total. The number of benzene rings is 3. The highest BCUT2D eigenvalue weighted by Crippen LogP contribution is 2.69. The van der Waals surface area contributed by atoms with E-state index in [2.05, 4.69) is 54.6 Å². The maximum atomic E-state index is 2.65. The van der Waals surface area contributed by atoms with Crippen molar-refractivity contribution in [1.82, 2.24) is 0 Å². The van der Waals surface area contributed by atoms with Crippen LogP contribution in [0.5, 0.6) is 0 Å². The van der Waals surface area contributed by atoms with Gasteiger partial charge in [-0.3, -0.25) is 0 Å². The zero-order valence-corrected chi connectivity index (χ0v) is 25.5. The van der Waals surface area contributed by atoms with Crippen molar-refractivity contribution >= 4 is 42.3 Å². The molecule has 1 aromatic heterocycles. The monoisotopic (exact) mass is 558 g/mol. The smallest absolute Gasteiger partial charge is 0.0433 e. The highest BCUT2D eigenvalue weighted by atomic mass is 32.1. The van der Waals surface area contributed by atoms with Crippen LogP contribution in [0.1, 0.15) is 95.0 Å². The second-order valence-corrected chi connectivity index (χ2v) is 16.7. The van der Waals surface area contributed by atoms with Crippen LogP contribution in [-0.4, -0.2) is 0 Å². The van der Waals surface area contributed by atoms with Gasteiger partial charge < -0.3 is 0 Å². The molecule has 0 spiro atoms. The summed E-state index contributed by atoms with van der Waals surface area (Å²) < 4.78 is 2.96. The molecule has 6 fully saturated rings. The van der Waals surface area contributed by atoms with E-state index in [9.17, 15) is 0 Å². The lowest BCUT2D eigenvalue weighted by molar-refractivity contribution is -0.188. The van der Waals surface area contributed by atoms with E-state index in [0.717, 1.165) is 65.1 Å². The van der Waals surface area contributed by atoms with Gasteiger partial charge in [0.1, 0.15) is 0 Å². The molecule has 6 aliphatic carbocycles. The van der Waals surface area contributed by atoms with Gasteiger partial charge in [0, 0.05) is 20.2 Å². The summed E-state index contributed by atoms with van der Waals surface area (Å²) in [6.45, 7) is 0. The third kappa shape index (κ3) is 3.51. The molecule has 4 aromatic rings. The second kappa shape index (κ2) is 9.32. The van der Waals surface area contributed by atoms with Crippen LogP contribution in [0.2, 0.25) is 0 Å². The molecule has 0 saturated heterocycles.